The summed E-state index contributed by atoms with van der Waals surface area (Å²) in [4.78, 5) is 14.2. The van der Waals surface area contributed by atoms with E-state index in [1.54, 1.807) is 6.07 Å². The number of rotatable bonds is 4. The summed E-state index contributed by atoms with van der Waals surface area (Å²) in [6, 6.07) is 1.60. The minimum Gasteiger partial charge on any atom is -0.332 e. The molecule has 0 bridgehead atoms. The molecule has 0 aliphatic rings. The predicted octanol–water partition coefficient (Wildman–Crippen LogP) is 0.563. The number of hydrogen-bond donors (Lipinski definition) is 2. The highest BCUT2D eigenvalue weighted by Gasteiger charge is 2.17. The molecule has 17 heavy (non-hydrogen) atoms. The molecule has 0 radical (unpaired) electrons. The van der Waals surface area contributed by atoms with Crippen LogP contribution in [0.1, 0.15) is 12.7 Å². The van der Waals surface area contributed by atoms with Gasteiger partial charge in [-0.25, -0.2) is 19.7 Å². The van der Waals surface area contributed by atoms with Crippen LogP contribution in [0.15, 0.2) is 29.7 Å². The molecule has 0 saturated heterocycles. The van der Waals surface area contributed by atoms with Gasteiger partial charge in [-0.3, -0.25) is 0 Å². The number of anilines is 1. The van der Waals surface area contributed by atoms with Crippen molar-refractivity contribution >= 4 is 16.0 Å². The molecule has 7 nitrogen and oxygen atoms in total. The molecule has 2 rings (SSSR count). The van der Waals surface area contributed by atoms with Crippen molar-refractivity contribution in [3.8, 4) is 0 Å². The minimum absolute atomic E-state index is 0.00167. The monoisotopic (exact) mass is 253 g/mol. The molecule has 0 unspecified atom stereocenters. The molecular weight excluding hydrogens is 242 g/mol. The number of H-pyrrole nitrogens is 1. The predicted molar refractivity (Wildman–Crippen MR) is 60.8 cm³/mol. The number of sulfonamides is 1. The Hall–Kier alpha value is -1.96. The molecule has 0 aliphatic heterocycles. The van der Waals surface area contributed by atoms with E-state index in [0.717, 1.165) is 0 Å². The zero-order valence-electron chi connectivity index (χ0n) is 9.08. The number of aromatic nitrogens is 4. The molecule has 0 aromatic carbocycles. The molecule has 90 valence electrons. The van der Waals surface area contributed by atoms with Crippen molar-refractivity contribution < 1.29 is 8.42 Å². The van der Waals surface area contributed by atoms with E-state index >= 15 is 0 Å². The van der Waals surface area contributed by atoms with Crippen LogP contribution in [0.5, 0.6) is 0 Å². The third-order valence-electron chi connectivity index (χ3n) is 2.02. The van der Waals surface area contributed by atoms with Gasteiger partial charge in [-0.05, 0) is 6.07 Å². The zero-order valence-corrected chi connectivity index (χ0v) is 9.90. The summed E-state index contributed by atoms with van der Waals surface area (Å²) < 4.78 is 26.0. The number of aryl methyl sites for hydroxylation is 1. The Morgan fingerprint density at radius 2 is 2.00 bits per heavy atom. The van der Waals surface area contributed by atoms with Gasteiger partial charge in [0.05, 0.1) is 6.20 Å². The first kappa shape index (κ1) is 11.5. The lowest BCUT2D eigenvalue weighted by Crippen LogP contribution is -2.15. The molecule has 2 aromatic heterocycles. The van der Waals surface area contributed by atoms with Gasteiger partial charge in [-0.15, -0.1) is 0 Å². The molecule has 2 aromatic rings. The lowest BCUT2D eigenvalue weighted by Gasteiger charge is -2.02. The first-order chi connectivity index (χ1) is 8.12. The number of nitrogens with one attached hydrogen (secondary N) is 2. The van der Waals surface area contributed by atoms with Crippen molar-refractivity contribution in [1.82, 2.24) is 19.9 Å². The van der Waals surface area contributed by atoms with E-state index < -0.39 is 10.0 Å². The second-order valence-corrected chi connectivity index (χ2v) is 4.88. The van der Waals surface area contributed by atoms with Gasteiger partial charge < -0.3 is 4.98 Å². The van der Waals surface area contributed by atoms with Crippen LogP contribution in [-0.2, 0) is 16.4 Å². The summed E-state index contributed by atoms with van der Waals surface area (Å²) >= 11 is 0. The fraction of sp³-hybridized carbons (Fsp3) is 0.222. The maximum Gasteiger partial charge on any atom is 0.281 e. The van der Waals surface area contributed by atoms with Gasteiger partial charge >= 0.3 is 0 Å². The number of hydrogen-bond acceptors (Lipinski definition) is 5. The molecule has 0 saturated carbocycles. The second kappa shape index (κ2) is 4.50. The summed E-state index contributed by atoms with van der Waals surface area (Å²) in [7, 11) is -3.70. The average molecular weight is 253 g/mol. The largest absolute Gasteiger partial charge is 0.332 e. The fourth-order valence-corrected chi connectivity index (χ4v) is 2.09. The molecule has 0 fully saturated rings. The maximum absolute atomic E-state index is 11.9. The molecule has 2 heterocycles. The normalized spacial score (nSPS) is 11.4. The highest BCUT2D eigenvalue weighted by Crippen LogP contribution is 2.10. The Morgan fingerprint density at radius 1 is 1.29 bits per heavy atom. The summed E-state index contributed by atoms with van der Waals surface area (Å²) in [5.74, 6) is 0.638. The SMILES string of the molecule is CCc1ncc(S(=O)(=O)Nc2ncccn2)[nH]1. The van der Waals surface area contributed by atoms with Crippen LogP contribution in [0.4, 0.5) is 5.95 Å². The van der Waals surface area contributed by atoms with E-state index in [1.807, 2.05) is 6.92 Å². The Balaban J connectivity index is 2.25. The van der Waals surface area contributed by atoms with Crippen molar-refractivity contribution in [3.63, 3.8) is 0 Å². The molecule has 8 heteroatoms. The van der Waals surface area contributed by atoms with Crippen molar-refractivity contribution in [3.05, 3.63) is 30.5 Å². The van der Waals surface area contributed by atoms with Crippen LogP contribution >= 0.6 is 0 Å². The zero-order chi connectivity index (χ0) is 12.3. The lowest BCUT2D eigenvalue weighted by molar-refractivity contribution is 0.597. The van der Waals surface area contributed by atoms with E-state index in [4.69, 9.17) is 0 Å². The number of imidazole rings is 1. The average Bonchev–Trinajstić information content (AvgIpc) is 2.79. The van der Waals surface area contributed by atoms with Crippen molar-refractivity contribution in [2.45, 2.75) is 18.4 Å². The van der Waals surface area contributed by atoms with Gasteiger partial charge in [0.1, 0.15) is 5.82 Å². The molecule has 0 atom stereocenters. The lowest BCUT2D eigenvalue weighted by atomic mass is 10.5. The van der Waals surface area contributed by atoms with E-state index in [-0.39, 0.29) is 11.0 Å². The van der Waals surface area contributed by atoms with Crippen LogP contribution in [0.3, 0.4) is 0 Å². The summed E-state index contributed by atoms with van der Waals surface area (Å²) in [6.07, 6.45) is 4.81. The van der Waals surface area contributed by atoms with Crippen molar-refractivity contribution in [1.29, 1.82) is 0 Å². The van der Waals surface area contributed by atoms with Crippen molar-refractivity contribution in [2.75, 3.05) is 4.72 Å². The highest BCUT2D eigenvalue weighted by molar-refractivity contribution is 7.92. The fourth-order valence-electron chi connectivity index (χ4n) is 1.19. The molecule has 0 aliphatic carbocycles. The van der Waals surface area contributed by atoms with Crippen molar-refractivity contribution in [2.24, 2.45) is 0 Å². The summed E-state index contributed by atoms with van der Waals surface area (Å²) in [5.41, 5.74) is 0. The quantitative estimate of drug-likeness (QED) is 0.829. The Bertz CT molecular complexity index is 593. The van der Waals surface area contributed by atoms with Gasteiger partial charge in [0.25, 0.3) is 10.0 Å². The van der Waals surface area contributed by atoms with Gasteiger partial charge in [0, 0.05) is 18.8 Å². The first-order valence-electron chi connectivity index (χ1n) is 4.95. The Morgan fingerprint density at radius 3 is 2.59 bits per heavy atom. The minimum atomic E-state index is -3.70. The smallest absolute Gasteiger partial charge is 0.281 e. The van der Waals surface area contributed by atoms with Crippen LogP contribution < -0.4 is 4.72 Å². The Kier molecular flexibility index (Phi) is 3.05. The number of nitrogens with zero attached hydrogens (tertiary/aromatic N) is 3. The van der Waals surface area contributed by atoms with E-state index in [0.29, 0.717) is 12.2 Å². The van der Waals surface area contributed by atoms with E-state index in [1.165, 1.54) is 18.6 Å². The molecule has 0 amide bonds. The van der Waals surface area contributed by atoms with Crippen LogP contribution in [-0.4, -0.2) is 28.4 Å². The van der Waals surface area contributed by atoms with Crippen LogP contribution in [0.2, 0.25) is 0 Å². The summed E-state index contributed by atoms with van der Waals surface area (Å²) in [5, 5.41) is 0.00167. The van der Waals surface area contributed by atoms with Gasteiger partial charge in [-0.1, -0.05) is 6.92 Å². The molecule has 2 N–H and O–H groups in total. The standard InChI is InChI=1S/C9H11N5O2S/c1-2-7-12-6-8(13-7)17(15,16)14-9-10-4-3-5-11-9/h3-6H,2H2,1H3,(H,12,13)(H,10,11,14). The van der Waals surface area contributed by atoms with Crippen LogP contribution in [0, 0.1) is 0 Å². The van der Waals surface area contributed by atoms with Gasteiger partial charge in [0.15, 0.2) is 5.03 Å². The summed E-state index contributed by atoms with van der Waals surface area (Å²) in [6.45, 7) is 1.88. The highest BCUT2D eigenvalue weighted by atomic mass is 32.2. The van der Waals surface area contributed by atoms with Gasteiger partial charge in [-0.2, -0.15) is 8.42 Å². The third-order valence-corrected chi connectivity index (χ3v) is 3.26. The van der Waals surface area contributed by atoms with Gasteiger partial charge in [0.2, 0.25) is 5.95 Å². The molecule has 0 spiro atoms. The topological polar surface area (TPSA) is 101 Å². The molecular formula is C9H11N5O2S. The second-order valence-electron chi connectivity index (χ2n) is 3.23. The Labute approximate surface area is 98.4 Å². The van der Waals surface area contributed by atoms with E-state index in [2.05, 4.69) is 24.7 Å². The first-order valence-corrected chi connectivity index (χ1v) is 6.44. The maximum atomic E-state index is 11.9. The van der Waals surface area contributed by atoms with Crippen LogP contribution in [0.25, 0.3) is 0 Å². The number of aromatic amines is 1. The third kappa shape index (κ3) is 2.59. The van der Waals surface area contributed by atoms with E-state index in [9.17, 15) is 8.42 Å².